The first kappa shape index (κ1) is 17.6. The molecule has 0 saturated heterocycles. The van der Waals surface area contributed by atoms with Crippen LogP contribution in [0, 0.1) is 6.92 Å². The first-order chi connectivity index (χ1) is 12.2. The molecular formula is C21H22ClNO2. The summed E-state index contributed by atoms with van der Waals surface area (Å²) in [6.45, 7) is 3.58. The number of ether oxygens (including phenoxy) is 1. The zero-order valence-corrected chi connectivity index (χ0v) is 15.3. The summed E-state index contributed by atoms with van der Waals surface area (Å²) in [6.07, 6.45) is 0.963. The Morgan fingerprint density at radius 2 is 1.84 bits per heavy atom. The van der Waals surface area contributed by atoms with Crippen LogP contribution in [0.2, 0.25) is 5.02 Å². The monoisotopic (exact) mass is 355 g/mol. The Kier molecular flexibility index (Phi) is 5.79. The van der Waals surface area contributed by atoms with E-state index in [1.165, 1.54) is 5.56 Å². The van der Waals surface area contributed by atoms with Crippen LogP contribution in [0.25, 0.3) is 11.3 Å². The van der Waals surface area contributed by atoms with Gasteiger partial charge in [-0.2, -0.15) is 0 Å². The van der Waals surface area contributed by atoms with Crippen LogP contribution in [0.3, 0.4) is 0 Å². The van der Waals surface area contributed by atoms with Crippen LogP contribution in [0.5, 0.6) is 5.75 Å². The summed E-state index contributed by atoms with van der Waals surface area (Å²) >= 11 is 6.19. The standard InChI is InChI=1S/C21H22ClNO2/c1-15-3-6-17(13-20(15)22)21-10-9-19(25-21)14-23-12-11-16-4-7-18(24-2)8-5-16/h3-10,13,23H,11-12,14H2,1-2H3. The van der Waals surface area contributed by atoms with E-state index in [0.717, 1.165) is 46.4 Å². The molecule has 3 nitrogen and oxygen atoms in total. The van der Waals surface area contributed by atoms with Crippen LogP contribution in [0.4, 0.5) is 0 Å². The van der Waals surface area contributed by atoms with Gasteiger partial charge in [0.15, 0.2) is 0 Å². The number of hydrogen-bond donors (Lipinski definition) is 1. The molecule has 0 aliphatic heterocycles. The fraction of sp³-hybridized carbons (Fsp3) is 0.238. The van der Waals surface area contributed by atoms with Crippen LogP contribution >= 0.6 is 11.6 Å². The zero-order valence-electron chi connectivity index (χ0n) is 14.5. The maximum absolute atomic E-state index is 6.19. The maximum Gasteiger partial charge on any atom is 0.134 e. The van der Waals surface area contributed by atoms with Gasteiger partial charge in [0.1, 0.15) is 17.3 Å². The minimum absolute atomic E-state index is 0.704. The van der Waals surface area contributed by atoms with Crippen molar-refractivity contribution in [3.8, 4) is 17.1 Å². The van der Waals surface area contributed by atoms with E-state index in [4.69, 9.17) is 20.8 Å². The second-order valence-corrected chi connectivity index (χ2v) is 6.41. The van der Waals surface area contributed by atoms with Crippen molar-refractivity contribution < 1.29 is 9.15 Å². The van der Waals surface area contributed by atoms with Crippen molar-refractivity contribution in [2.24, 2.45) is 0 Å². The van der Waals surface area contributed by atoms with Crippen LogP contribution in [-0.2, 0) is 13.0 Å². The highest BCUT2D eigenvalue weighted by atomic mass is 35.5. The fourth-order valence-electron chi connectivity index (χ4n) is 2.61. The predicted molar refractivity (Wildman–Crippen MR) is 102 cm³/mol. The first-order valence-corrected chi connectivity index (χ1v) is 8.72. The molecule has 0 atom stereocenters. The van der Waals surface area contributed by atoms with Crippen molar-refractivity contribution in [2.45, 2.75) is 19.9 Å². The topological polar surface area (TPSA) is 34.4 Å². The Labute approximate surface area is 153 Å². The smallest absolute Gasteiger partial charge is 0.134 e. The van der Waals surface area contributed by atoms with E-state index >= 15 is 0 Å². The molecular weight excluding hydrogens is 334 g/mol. The van der Waals surface area contributed by atoms with Crippen molar-refractivity contribution >= 4 is 11.6 Å². The minimum Gasteiger partial charge on any atom is -0.497 e. The van der Waals surface area contributed by atoms with Crippen LogP contribution in [-0.4, -0.2) is 13.7 Å². The maximum atomic E-state index is 6.19. The number of rotatable bonds is 7. The van der Waals surface area contributed by atoms with E-state index in [2.05, 4.69) is 17.4 Å². The summed E-state index contributed by atoms with van der Waals surface area (Å²) < 4.78 is 11.1. The molecule has 25 heavy (non-hydrogen) atoms. The molecule has 0 radical (unpaired) electrons. The molecule has 0 aliphatic carbocycles. The second kappa shape index (κ2) is 8.24. The van der Waals surface area contributed by atoms with E-state index < -0.39 is 0 Å². The fourth-order valence-corrected chi connectivity index (χ4v) is 2.79. The van der Waals surface area contributed by atoms with E-state index in [9.17, 15) is 0 Å². The Morgan fingerprint density at radius 1 is 1.04 bits per heavy atom. The summed E-state index contributed by atoms with van der Waals surface area (Å²) in [5, 5.41) is 4.17. The highest BCUT2D eigenvalue weighted by Gasteiger charge is 2.06. The van der Waals surface area contributed by atoms with Crippen molar-refractivity contribution in [3.05, 3.63) is 76.5 Å². The third kappa shape index (κ3) is 4.65. The van der Waals surface area contributed by atoms with Gasteiger partial charge in [-0.15, -0.1) is 0 Å². The Bertz CT molecular complexity index is 824. The van der Waals surface area contributed by atoms with Crippen LogP contribution in [0.1, 0.15) is 16.9 Å². The van der Waals surface area contributed by atoms with Crippen LogP contribution < -0.4 is 10.1 Å². The van der Waals surface area contributed by atoms with E-state index in [1.54, 1.807) is 7.11 Å². The highest BCUT2D eigenvalue weighted by Crippen LogP contribution is 2.26. The highest BCUT2D eigenvalue weighted by molar-refractivity contribution is 6.31. The third-order valence-electron chi connectivity index (χ3n) is 4.17. The van der Waals surface area contributed by atoms with Gasteiger partial charge in [0.2, 0.25) is 0 Å². The van der Waals surface area contributed by atoms with Crippen molar-refractivity contribution in [2.75, 3.05) is 13.7 Å². The lowest BCUT2D eigenvalue weighted by atomic mass is 10.1. The molecule has 0 aliphatic rings. The summed E-state index contributed by atoms with van der Waals surface area (Å²) in [4.78, 5) is 0. The second-order valence-electron chi connectivity index (χ2n) is 6.00. The Morgan fingerprint density at radius 3 is 2.56 bits per heavy atom. The molecule has 0 unspecified atom stereocenters. The summed E-state index contributed by atoms with van der Waals surface area (Å²) in [5.41, 5.74) is 3.35. The molecule has 0 amide bonds. The Hall–Kier alpha value is -2.23. The summed E-state index contributed by atoms with van der Waals surface area (Å²) in [7, 11) is 1.68. The minimum atomic E-state index is 0.704. The molecule has 1 N–H and O–H groups in total. The summed E-state index contributed by atoms with van der Waals surface area (Å²) in [5.74, 6) is 2.64. The van der Waals surface area contributed by atoms with Gasteiger partial charge in [-0.05, 0) is 61.3 Å². The van der Waals surface area contributed by atoms with Gasteiger partial charge >= 0.3 is 0 Å². The number of hydrogen-bond acceptors (Lipinski definition) is 3. The number of nitrogens with one attached hydrogen (secondary N) is 1. The lowest BCUT2D eigenvalue weighted by molar-refractivity contribution is 0.414. The largest absolute Gasteiger partial charge is 0.497 e. The van der Waals surface area contributed by atoms with Gasteiger partial charge in [0.25, 0.3) is 0 Å². The van der Waals surface area contributed by atoms with E-state index in [1.807, 2.05) is 49.4 Å². The van der Waals surface area contributed by atoms with Crippen molar-refractivity contribution in [1.82, 2.24) is 5.32 Å². The molecule has 0 fully saturated rings. The predicted octanol–water partition coefficient (Wildman–Crippen LogP) is 5.25. The van der Waals surface area contributed by atoms with Crippen molar-refractivity contribution in [3.63, 3.8) is 0 Å². The van der Waals surface area contributed by atoms with Crippen molar-refractivity contribution in [1.29, 1.82) is 0 Å². The number of methoxy groups -OCH3 is 1. The zero-order chi connectivity index (χ0) is 17.6. The molecule has 0 saturated carbocycles. The average molecular weight is 356 g/mol. The van der Waals surface area contributed by atoms with Gasteiger partial charge in [-0.25, -0.2) is 0 Å². The number of benzene rings is 2. The average Bonchev–Trinajstić information content (AvgIpc) is 3.10. The Balaban J connectivity index is 1.50. The molecule has 0 spiro atoms. The van der Waals surface area contributed by atoms with Crippen LogP contribution in [0.15, 0.2) is 59.0 Å². The third-order valence-corrected chi connectivity index (χ3v) is 4.57. The van der Waals surface area contributed by atoms with Gasteiger partial charge in [-0.1, -0.05) is 35.9 Å². The van der Waals surface area contributed by atoms with Gasteiger partial charge in [0, 0.05) is 10.6 Å². The summed E-state index contributed by atoms with van der Waals surface area (Å²) in [6, 6.07) is 18.1. The quantitative estimate of drug-likeness (QED) is 0.588. The molecule has 130 valence electrons. The molecule has 1 heterocycles. The molecule has 3 rings (SSSR count). The molecule has 0 bridgehead atoms. The number of aryl methyl sites for hydroxylation is 1. The molecule has 2 aromatic carbocycles. The molecule has 3 aromatic rings. The van der Waals surface area contributed by atoms with E-state index in [-0.39, 0.29) is 0 Å². The SMILES string of the molecule is COc1ccc(CCNCc2ccc(-c3ccc(C)c(Cl)c3)o2)cc1. The first-order valence-electron chi connectivity index (χ1n) is 8.34. The lowest BCUT2D eigenvalue weighted by Gasteiger charge is -2.05. The van der Waals surface area contributed by atoms with Gasteiger partial charge < -0.3 is 14.5 Å². The number of furan rings is 1. The molecule has 4 heteroatoms. The van der Waals surface area contributed by atoms with Gasteiger partial charge in [0.05, 0.1) is 13.7 Å². The molecule has 1 aromatic heterocycles. The number of halogens is 1. The van der Waals surface area contributed by atoms with E-state index in [0.29, 0.717) is 6.54 Å². The van der Waals surface area contributed by atoms with Gasteiger partial charge in [-0.3, -0.25) is 0 Å². The lowest BCUT2D eigenvalue weighted by Crippen LogP contribution is -2.16. The normalized spacial score (nSPS) is 10.8.